The summed E-state index contributed by atoms with van der Waals surface area (Å²) >= 11 is 0. The molecule has 0 bridgehead atoms. The molecule has 0 aliphatic carbocycles. The largest absolute Gasteiger partial charge is 0.486 e. The van der Waals surface area contributed by atoms with Gasteiger partial charge >= 0.3 is 6.18 Å². The number of halogens is 4. The molecule has 1 heterocycles. The zero-order chi connectivity index (χ0) is 19.4. The molecule has 0 unspecified atom stereocenters. The molecule has 0 atom stereocenters. The zero-order valence-electron chi connectivity index (χ0n) is 14.7. The number of fused-ring (bicyclic) bond motifs is 1. The molecule has 3 rings (SSSR count). The quantitative estimate of drug-likeness (QED) is 0.697. The van der Waals surface area contributed by atoms with E-state index in [1.54, 1.807) is 6.08 Å². The summed E-state index contributed by atoms with van der Waals surface area (Å²) in [7, 11) is 1.89. The molecule has 0 radical (unpaired) electrons. The maximum Gasteiger partial charge on any atom is 0.416 e. The Balaban J connectivity index is 1.58. The van der Waals surface area contributed by atoms with Gasteiger partial charge in [0.25, 0.3) is 0 Å². The number of alkyl halides is 3. The van der Waals surface area contributed by atoms with Crippen LogP contribution in [0.2, 0.25) is 0 Å². The highest BCUT2D eigenvalue weighted by Gasteiger charge is 2.30. The Morgan fingerprint density at radius 2 is 1.78 bits per heavy atom. The average molecular weight is 381 g/mol. The fourth-order valence-corrected chi connectivity index (χ4v) is 2.76. The third-order valence-corrected chi connectivity index (χ3v) is 4.10. The van der Waals surface area contributed by atoms with Crippen molar-refractivity contribution in [3.05, 3.63) is 65.0 Å². The fraction of sp³-hybridized carbons (Fsp3) is 0.300. The molecule has 0 aromatic heterocycles. The third-order valence-electron chi connectivity index (χ3n) is 4.10. The van der Waals surface area contributed by atoms with Crippen LogP contribution in [-0.2, 0) is 12.7 Å². The first-order valence-electron chi connectivity index (χ1n) is 8.43. The van der Waals surface area contributed by atoms with Gasteiger partial charge in [0, 0.05) is 18.7 Å². The summed E-state index contributed by atoms with van der Waals surface area (Å²) in [4.78, 5) is 1.99. The maximum atomic E-state index is 13.8. The van der Waals surface area contributed by atoms with Crippen LogP contribution in [0.1, 0.15) is 16.7 Å². The summed E-state index contributed by atoms with van der Waals surface area (Å²) < 4.78 is 62.5. The van der Waals surface area contributed by atoms with E-state index < -0.39 is 17.6 Å². The molecule has 0 amide bonds. The Morgan fingerprint density at radius 3 is 2.48 bits per heavy atom. The minimum absolute atomic E-state index is 0.121. The highest BCUT2D eigenvalue weighted by Crippen LogP contribution is 2.31. The highest BCUT2D eigenvalue weighted by atomic mass is 19.4. The molecule has 2 aromatic rings. The van der Waals surface area contributed by atoms with E-state index in [4.69, 9.17) is 9.47 Å². The Morgan fingerprint density at radius 1 is 1.04 bits per heavy atom. The van der Waals surface area contributed by atoms with Crippen LogP contribution in [0.3, 0.4) is 0 Å². The van der Waals surface area contributed by atoms with Gasteiger partial charge in [-0.2, -0.15) is 13.2 Å². The molecule has 7 heteroatoms. The van der Waals surface area contributed by atoms with Gasteiger partial charge in [0.05, 0.1) is 5.56 Å². The molecule has 0 saturated heterocycles. The van der Waals surface area contributed by atoms with Crippen LogP contribution >= 0.6 is 0 Å². The molecule has 27 heavy (non-hydrogen) atoms. The molecule has 0 spiro atoms. The molecule has 144 valence electrons. The van der Waals surface area contributed by atoms with E-state index in [0.717, 1.165) is 29.2 Å². The molecular formula is C20H19F4NO2. The first-order valence-corrected chi connectivity index (χ1v) is 8.43. The van der Waals surface area contributed by atoms with Crippen molar-refractivity contribution in [2.45, 2.75) is 12.7 Å². The van der Waals surface area contributed by atoms with Crippen molar-refractivity contribution >= 4 is 6.08 Å². The fourth-order valence-electron chi connectivity index (χ4n) is 2.76. The average Bonchev–Trinajstić information content (AvgIpc) is 2.62. The van der Waals surface area contributed by atoms with Gasteiger partial charge in [0.2, 0.25) is 0 Å². The van der Waals surface area contributed by atoms with Crippen LogP contribution in [0.15, 0.2) is 42.5 Å². The van der Waals surface area contributed by atoms with E-state index in [9.17, 15) is 17.6 Å². The number of hydrogen-bond donors (Lipinski definition) is 0. The van der Waals surface area contributed by atoms with Gasteiger partial charge in [-0.3, -0.25) is 4.90 Å². The van der Waals surface area contributed by atoms with Gasteiger partial charge in [-0.05, 0) is 36.9 Å². The van der Waals surface area contributed by atoms with Gasteiger partial charge < -0.3 is 9.47 Å². The van der Waals surface area contributed by atoms with Crippen LogP contribution in [0.5, 0.6) is 11.5 Å². The summed E-state index contributed by atoms with van der Waals surface area (Å²) in [5.74, 6) is 0.551. The molecule has 0 N–H and O–H groups in total. The smallest absolute Gasteiger partial charge is 0.416 e. The molecular weight excluding hydrogens is 362 g/mol. The Kier molecular flexibility index (Phi) is 5.70. The van der Waals surface area contributed by atoms with Crippen LogP contribution < -0.4 is 9.47 Å². The summed E-state index contributed by atoms with van der Waals surface area (Å²) in [6.45, 7) is 2.21. The second-order valence-electron chi connectivity index (χ2n) is 6.31. The van der Waals surface area contributed by atoms with Gasteiger partial charge in [-0.25, -0.2) is 4.39 Å². The lowest BCUT2D eigenvalue weighted by Gasteiger charge is -2.20. The predicted octanol–water partition coefficient (Wildman–Crippen LogP) is 4.76. The van der Waals surface area contributed by atoms with Gasteiger partial charge in [-0.1, -0.05) is 24.3 Å². The number of benzene rings is 2. The molecule has 0 saturated carbocycles. The van der Waals surface area contributed by atoms with E-state index in [1.807, 2.05) is 30.1 Å². The van der Waals surface area contributed by atoms with E-state index >= 15 is 0 Å². The second-order valence-corrected chi connectivity index (χ2v) is 6.31. The zero-order valence-corrected chi connectivity index (χ0v) is 14.7. The topological polar surface area (TPSA) is 21.7 Å². The second kappa shape index (κ2) is 8.00. The van der Waals surface area contributed by atoms with Gasteiger partial charge in [-0.15, -0.1) is 0 Å². The Bertz CT molecular complexity index is 833. The lowest BCUT2D eigenvalue weighted by molar-refractivity contribution is -0.137. The number of likely N-dealkylation sites (N-methyl/N-ethyl adjacent to an activating group) is 1. The number of nitrogens with zero attached hydrogens (tertiary/aromatic N) is 1. The van der Waals surface area contributed by atoms with Crippen molar-refractivity contribution in [1.82, 2.24) is 4.90 Å². The maximum absolute atomic E-state index is 13.8. The van der Waals surface area contributed by atoms with Crippen molar-refractivity contribution in [3.63, 3.8) is 0 Å². The van der Waals surface area contributed by atoms with E-state index in [0.29, 0.717) is 32.4 Å². The van der Waals surface area contributed by atoms with Crippen molar-refractivity contribution in [1.29, 1.82) is 0 Å². The van der Waals surface area contributed by atoms with Crippen molar-refractivity contribution in [2.24, 2.45) is 0 Å². The lowest BCUT2D eigenvalue weighted by Crippen LogP contribution is -2.19. The van der Waals surface area contributed by atoms with E-state index in [2.05, 4.69) is 0 Å². The highest BCUT2D eigenvalue weighted by molar-refractivity contribution is 5.51. The van der Waals surface area contributed by atoms with Crippen LogP contribution in [0.25, 0.3) is 6.08 Å². The van der Waals surface area contributed by atoms with Gasteiger partial charge in [0.1, 0.15) is 19.0 Å². The molecule has 1 aliphatic rings. The standard InChI is InChI=1S/C20H19F4NO2/c1-25(13-14-4-7-18-19(11-14)27-10-9-26-18)8-2-3-15-5-6-16(12-17(15)21)20(22,23)24/h2-7,11-12H,8-10,13H2,1H3. The molecule has 0 fully saturated rings. The molecule has 2 aromatic carbocycles. The van der Waals surface area contributed by atoms with Crippen molar-refractivity contribution < 1.29 is 27.0 Å². The number of hydrogen-bond acceptors (Lipinski definition) is 3. The molecule has 3 nitrogen and oxygen atoms in total. The summed E-state index contributed by atoms with van der Waals surface area (Å²) in [5, 5.41) is 0. The SMILES string of the molecule is CN(CC=Cc1ccc(C(F)(F)F)cc1F)Cc1ccc2c(c1)OCCO2. The first kappa shape index (κ1) is 19.2. The van der Waals surface area contributed by atoms with E-state index in [1.165, 1.54) is 6.08 Å². The minimum Gasteiger partial charge on any atom is -0.486 e. The minimum atomic E-state index is -4.55. The molecule has 1 aliphatic heterocycles. The van der Waals surface area contributed by atoms with Crippen LogP contribution in [-0.4, -0.2) is 31.7 Å². The summed E-state index contributed by atoms with van der Waals surface area (Å²) in [5.41, 5.74) is 0.166. The van der Waals surface area contributed by atoms with Crippen LogP contribution in [0, 0.1) is 5.82 Å². The number of ether oxygens (including phenoxy) is 2. The summed E-state index contributed by atoms with van der Waals surface area (Å²) in [6.07, 6.45) is -1.35. The van der Waals surface area contributed by atoms with E-state index in [-0.39, 0.29) is 5.56 Å². The normalized spacial score (nSPS) is 14.1. The monoisotopic (exact) mass is 381 g/mol. The summed E-state index contributed by atoms with van der Waals surface area (Å²) in [6, 6.07) is 8.26. The lowest BCUT2D eigenvalue weighted by atomic mass is 10.1. The van der Waals surface area contributed by atoms with Crippen molar-refractivity contribution in [2.75, 3.05) is 26.8 Å². The predicted molar refractivity (Wildman–Crippen MR) is 94.2 cm³/mol. The Labute approximate surface area is 154 Å². The number of rotatable bonds is 5. The Hall–Kier alpha value is -2.54. The third kappa shape index (κ3) is 5.01. The van der Waals surface area contributed by atoms with Crippen LogP contribution in [0.4, 0.5) is 17.6 Å². The van der Waals surface area contributed by atoms with Gasteiger partial charge in [0.15, 0.2) is 11.5 Å². The first-order chi connectivity index (χ1) is 12.8. The van der Waals surface area contributed by atoms with Crippen molar-refractivity contribution in [3.8, 4) is 11.5 Å².